The average Bonchev–Trinajstić information content (AvgIpc) is 3.73. The van der Waals surface area contributed by atoms with Crippen LogP contribution in [0.3, 0.4) is 0 Å². The Labute approximate surface area is 300 Å². The van der Waals surface area contributed by atoms with Crippen molar-refractivity contribution in [3.05, 3.63) is 188 Å². The molecule has 0 N–H and O–H groups in total. The van der Waals surface area contributed by atoms with E-state index < -0.39 is 0 Å². The Hall–Kier alpha value is -7.22. The monoisotopic (exact) mass is 662 g/mol. The molecule has 0 fully saturated rings. The number of hydrogen-bond acceptors (Lipinski definition) is 2. The number of nitrogens with zero attached hydrogens (tertiary/aromatic N) is 4. The van der Waals surface area contributed by atoms with Gasteiger partial charge in [0.15, 0.2) is 0 Å². The lowest BCUT2D eigenvalue weighted by Crippen LogP contribution is -2.05. The summed E-state index contributed by atoms with van der Waals surface area (Å²) in [6.45, 7) is 0. The second-order valence-electron chi connectivity index (χ2n) is 13.1. The van der Waals surface area contributed by atoms with Crippen molar-refractivity contribution < 1.29 is 0 Å². The van der Waals surface area contributed by atoms with E-state index in [1.807, 2.05) is 24.5 Å². The van der Waals surface area contributed by atoms with Crippen molar-refractivity contribution in [1.82, 2.24) is 14.1 Å². The van der Waals surface area contributed by atoms with E-state index in [1.165, 1.54) is 43.8 Å². The predicted molar refractivity (Wildman–Crippen MR) is 214 cm³/mol. The molecule has 7 aromatic carbocycles. The maximum atomic E-state index is 9.72. The number of pyridine rings is 1. The van der Waals surface area contributed by atoms with Gasteiger partial charge in [0.1, 0.15) is 0 Å². The molecule has 4 nitrogen and oxygen atoms in total. The summed E-state index contributed by atoms with van der Waals surface area (Å²) in [5.41, 5.74) is 13.7. The second-order valence-corrected chi connectivity index (χ2v) is 13.1. The standard InChI is InChI=1S/C48H30N4/c49-29-32-19-21-35(22-20-32)48-46(51-42-17-9-7-15-38(42)40-27-36(23-25-44(40)51)33-11-3-1-4-12-33)30-50-31-47(48)52-43-18-10-8-16-39(43)41-28-37(24-26-45(41)52)34-13-5-2-6-14-34/h1-28,30-31H. The number of aromatic nitrogens is 3. The van der Waals surface area contributed by atoms with E-state index in [-0.39, 0.29) is 0 Å². The minimum Gasteiger partial charge on any atom is -0.307 e. The first kappa shape index (κ1) is 29.7. The minimum absolute atomic E-state index is 0.622. The molecule has 0 unspecified atom stereocenters. The van der Waals surface area contributed by atoms with Crippen LogP contribution in [0.15, 0.2) is 182 Å². The summed E-state index contributed by atoms with van der Waals surface area (Å²) in [5.74, 6) is 0. The van der Waals surface area contributed by atoms with Crippen LogP contribution in [0.2, 0.25) is 0 Å². The van der Waals surface area contributed by atoms with Crippen molar-refractivity contribution in [1.29, 1.82) is 5.26 Å². The fourth-order valence-corrected chi connectivity index (χ4v) is 7.87. The highest BCUT2D eigenvalue weighted by atomic mass is 15.0. The number of benzene rings is 7. The van der Waals surface area contributed by atoms with Gasteiger partial charge in [-0.25, -0.2) is 0 Å². The molecule has 0 amide bonds. The fraction of sp³-hybridized carbons (Fsp3) is 0. The van der Waals surface area contributed by atoms with Gasteiger partial charge >= 0.3 is 0 Å². The molecule has 0 spiro atoms. The first-order valence-electron chi connectivity index (χ1n) is 17.4. The van der Waals surface area contributed by atoms with Crippen LogP contribution in [0.1, 0.15) is 5.56 Å². The topological polar surface area (TPSA) is 46.5 Å². The zero-order valence-electron chi connectivity index (χ0n) is 28.1. The van der Waals surface area contributed by atoms with Gasteiger partial charge in [-0.2, -0.15) is 5.26 Å². The van der Waals surface area contributed by atoms with E-state index in [4.69, 9.17) is 4.98 Å². The number of fused-ring (bicyclic) bond motifs is 6. The van der Waals surface area contributed by atoms with Gasteiger partial charge in [-0.05, 0) is 76.3 Å². The molecule has 0 aliphatic heterocycles. The number of rotatable bonds is 5. The van der Waals surface area contributed by atoms with Crippen molar-refractivity contribution in [2.24, 2.45) is 0 Å². The van der Waals surface area contributed by atoms with Crippen LogP contribution >= 0.6 is 0 Å². The fourth-order valence-electron chi connectivity index (χ4n) is 7.87. The predicted octanol–water partition coefficient (Wildman–Crippen LogP) is 12.1. The lowest BCUT2D eigenvalue weighted by molar-refractivity contribution is 1.09. The Balaban J connectivity index is 1.29. The smallest absolute Gasteiger partial charge is 0.0991 e. The van der Waals surface area contributed by atoms with Gasteiger partial charge in [0.05, 0.1) is 57.5 Å². The summed E-state index contributed by atoms with van der Waals surface area (Å²) >= 11 is 0. The molecule has 3 heterocycles. The third kappa shape index (κ3) is 4.65. The van der Waals surface area contributed by atoms with Crippen molar-refractivity contribution in [3.63, 3.8) is 0 Å². The third-order valence-electron chi connectivity index (χ3n) is 10.2. The molecule has 0 bridgehead atoms. The lowest BCUT2D eigenvalue weighted by atomic mass is 10.0. The Bertz CT molecular complexity index is 2820. The summed E-state index contributed by atoms with van der Waals surface area (Å²) in [5, 5.41) is 14.4. The minimum atomic E-state index is 0.622. The summed E-state index contributed by atoms with van der Waals surface area (Å²) in [4.78, 5) is 4.98. The largest absolute Gasteiger partial charge is 0.307 e. The van der Waals surface area contributed by atoms with Gasteiger partial charge in [0, 0.05) is 27.1 Å². The van der Waals surface area contributed by atoms with Crippen molar-refractivity contribution in [3.8, 4) is 50.8 Å². The Morgan fingerprint density at radius 3 is 1.29 bits per heavy atom. The van der Waals surface area contributed by atoms with Crippen LogP contribution in [-0.2, 0) is 0 Å². The molecule has 0 aliphatic rings. The first-order chi connectivity index (χ1) is 25.8. The molecular formula is C48H30N4. The molecule has 10 aromatic rings. The molecule has 4 heteroatoms. The molecule has 0 saturated carbocycles. The van der Waals surface area contributed by atoms with Crippen molar-refractivity contribution >= 4 is 43.6 Å². The number of nitriles is 1. The van der Waals surface area contributed by atoms with Crippen molar-refractivity contribution in [2.75, 3.05) is 0 Å². The van der Waals surface area contributed by atoms with Gasteiger partial charge in [0.2, 0.25) is 0 Å². The summed E-state index contributed by atoms with van der Waals surface area (Å²) in [7, 11) is 0. The van der Waals surface area contributed by atoms with Gasteiger partial charge in [-0.3, -0.25) is 4.98 Å². The van der Waals surface area contributed by atoms with E-state index in [9.17, 15) is 5.26 Å². The van der Waals surface area contributed by atoms with E-state index in [0.29, 0.717) is 5.56 Å². The van der Waals surface area contributed by atoms with Crippen LogP contribution in [0.4, 0.5) is 0 Å². The van der Waals surface area contributed by atoms with Crippen LogP contribution in [-0.4, -0.2) is 14.1 Å². The summed E-state index contributed by atoms with van der Waals surface area (Å²) < 4.78 is 4.70. The van der Waals surface area contributed by atoms with Crippen LogP contribution < -0.4 is 0 Å². The lowest BCUT2D eigenvalue weighted by Gasteiger charge is -2.19. The van der Waals surface area contributed by atoms with Crippen LogP contribution in [0, 0.1) is 11.3 Å². The molecular weight excluding hydrogens is 633 g/mol. The van der Waals surface area contributed by atoms with Gasteiger partial charge in [-0.1, -0.05) is 121 Å². The Kier molecular flexibility index (Phi) is 6.84. The first-order valence-corrected chi connectivity index (χ1v) is 17.4. The summed E-state index contributed by atoms with van der Waals surface area (Å²) in [6, 6.07) is 62.0. The Morgan fingerprint density at radius 2 is 0.808 bits per heavy atom. The summed E-state index contributed by atoms with van der Waals surface area (Å²) in [6.07, 6.45) is 3.96. The van der Waals surface area contributed by atoms with E-state index in [2.05, 4.69) is 173 Å². The number of para-hydroxylation sites is 2. The van der Waals surface area contributed by atoms with E-state index in [1.54, 1.807) is 0 Å². The molecule has 0 aliphatic carbocycles. The molecule has 242 valence electrons. The third-order valence-corrected chi connectivity index (χ3v) is 10.2. The molecule has 52 heavy (non-hydrogen) atoms. The highest BCUT2D eigenvalue weighted by Gasteiger charge is 2.22. The zero-order chi connectivity index (χ0) is 34.6. The van der Waals surface area contributed by atoms with E-state index >= 15 is 0 Å². The SMILES string of the molecule is N#Cc1ccc(-c2c(-n3c4ccccc4c4cc(-c5ccccc5)ccc43)cncc2-n2c3ccccc3c3cc(-c4ccccc4)ccc32)cc1. The van der Waals surface area contributed by atoms with Gasteiger partial charge in [0.25, 0.3) is 0 Å². The van der Waals surface area contributed by atoms with Gasteiger partial charge < -0.3 is 9.13 Å². The molecule has 10 rings (SSSR count). The maximum absolute atomic E-state index is 9.72. The van der Waals surface area contributed by atoms with Crippen molar-refractivity contribution in [2.45, 2.75) is 0 Å². The molecule has 0 atom stereocenters. The molecule has 0 radical (unpaired) electrons. The number of hydrogen-bond donors (Lipinski definition) is 0. The average molecular weight is 663 g/mol. The Morgan fingerprint density at radius 1 is 0.385 bits per heavy atom. The maximum Gasteiger partial charge on any atom is 0.0991 e. The molecule has 3 aromatic heterocycles. The second kappa shape index (κ2) is 12.0. The quantitative estimate of drug-likeness (QED) is 0.184. The van der Waals surface area contributed by atoms with Crippen LogP contribution in [0.5, 0.6) is 0 Å². The molecule has 0 saturated heterocycles. The highest BCUT2D eigenvalue weighted by molar-refractivity contribution is 6.13. The highest BCUT2D eigenvalue weighted by Crippen LogP contribution is 2.42. The van der Waals surface area contributed by atoms with Crippen LogP contribution in [0.25, 0.3) is 88.4 Å². The zero-order valence-corrected chi connectivity index (χ0v) is 28.1. The van der Waals surface area contributed by atoms with E-state index in [0.717, 1.165) is 44.6 Å². The normalized spacial score (nSPS) is 11.4. The van der Waals surface area contributed by atoms with Gasteiger partial charge in [-0.15, -0.1) is 0 Å².